The van der Waals surface area contributed by atoms with Crippen molar-refractivity contribution in [3.05, 3.63) is 60.8 Å². The van der Waals surface area contributed by atoms with E-state index in [0.29, 0.717) is 19.3 Å². The van der Waals surface area contributed by atoms with E-state index < -0.39 is 18.2 Å². The minimum atomic E-state index is -0.804. The van der Waals surface area contributed by atoms with Crippen LogP contribution in [0.4, 0.5) is 0 Å². The summed E-state index contributed by atoms with van der Waals surface area (Å²) in [4.78, 5) is 26.1. The summed E-state index contributed by atoms with van der Waals surface area (Å²) in [5.74, 6) is -0.546. The molecule has 0 aromatic carbocycles. The van der Waals surface area contributed by atoms with E-state index in [1.165, 1.54) is 109 Å². The molecule has 0 spiro atoms. The molecular formula is C54H97NO5. The molecule has 0 fully saturated rings. The van der Waals surface area contributed by atoms with Gasteiger partial charge < -0.3 is 20.3 Å². The maximum Gasteiger partial charge on any atom is 0.306 e. The van der Waals surface area contributed by atoms with Crippen molar-refractivity contribution in [3.63, 3.8) is 0 Å². The summed E-state index contributed by atoms with van der Waals surface area (Å²) < 4.78 is 5.89. The van der Waals surface area contributed by atoms with Crippen LogP contribution in [0.15, 0.2) is 60.8 Å². The molecule has 6 heteroatoms. The Morgan fingerprint density at radius 2 is 0.967 bits per heavy atom. The molecular weight excluding hydrogens is 743 g/mol. The highest BCUT2D eigenvalue weighted by molar-refractivity contribution is 5.77. The fourth-order valence-corrected chi connectivity index (χ4v) is 7.50. The van der Waals surface area contributed by atoms with Crippen LogP contribution in [-0.2, 0) is 14.3 Å². The van der Waals surface area contributed by atoms with Crippen LogP contribution >= 0.6 is 0 Å². The predicted octanol–water partition coefficient (Wildman–Crippen LogP) is 15.2. The Morgan fingerprint density at radius 3 is 1.50 bits per heavy atom. The van der Waals surface area contributed by atoms with Crippen LogP contribution in [0.5, 0.6) is 0 Å². The molecule has 0 saturated carbocycles. The first-order chi connectivity index (χ1) is 29.5. The fourth-order valence-electron chi connectivity index (χ4n) is 7.50. The van der Waals surface area contributed by atoms with Crippen LogP contribution in [-0.4, -0.2) is 46.9 Å². The topological polar surface area (TPSA) is 95.9 Å². The van der Waals surface area contributed by atoms with E-state index in [-0.39, 0.29) is 24.9 Å². The molecule has 1 amide bonds. The normalized spacial score (nSPS) is 13.8. The lowest BCUT2D eigenvalue weighted by atomic mass is 10.0. The van der Waals surface area contributed by atoms with Gasteiger partial charge in [0.15, 0.2) is 0 Å². The lowest BCUT2D eigenvalue weighted by Gasteiger charge is -2.24. The Morgan fingerprint density at radius 1 is 0.517 bits per heavy atom. The third-order valence-corrected chi connectivity index (χ3v) is 11.4. The van der Waals surface area contributed by atoms with Gasteiger partial charge in [-0.1, -0.05) is 216 Å². The van der Waals surface area contributed by atoms with Crippen LogP contribution < -0.4 is 5.32 Å². The molecule has 0 heterocycles. The highest BCUT2D eigenvalue weighted by Crippen LogP contribution is 2.17. The molecule has 3 atom stereocenters. The number of rotatable bonds is 45. The molecule has 0 aromatic rings. The Hall–Kier alpha value is -2.44. The number of aliphatic hydroxyl groups excluding tert-OH is 2. The molecule has 0 aliphatic rings. The number of hydrogen-bond donors (Lipinski definition) is 3. The largest absolute Gasteiger partial charge is 0.462 e. The van der Waals surface area contributed by atoms with Gasteiger partial charge in [-0.3, -0.25) is 9.59 Å². The number of amides is 1. The lowest BCUT2D eigenvalue weighted by molar-refractivity contribution is -0.151. The summed E-state index contributed by atoms with van der Waals surface area (Å²) >= 11 is 0. The minimum Gasteiger partial charge on any atom is -0.462 e. The summed E-state index contributed by atoms with van der Waals surface area (Å²) in [6.07, 6.45) is 58.5. The molecule has 0 saturated heterocycles. The number of aliphatic hydroxyl groups is 2. The van der Waals surface area contributed by atoms with Gasteiger partial charge >= 0.3 is 5.97 Å². The fraction of sp³-hybridized carbons (Fsp3) is 0.778. The van der Waals surface area contributed by atoms with Gasteiger partial charge in [-0.2, -0.15) is 0 Å². The molecule has 348 valence electrons. The van der Waals surface area contributed by atoms with E-state index in [1.807, 2.05) is 0 Å². The standard InChI is InChI=1S/C54H97NO5/c1-4-7-10-13-16-19-22-25-28-30-33-36-39-42-45-50(60-54(59)47-44-41-38-35-32-29-26-23-20-17-14-11-8-5-2)48-53(58)55-51(49-56)52(57)46-43-40-37-34-31-27-24-21-18-15-12-9-6-3/h8,11,17,20,26,28-30,33,36,50-52,56-57H,4-7,9-10,12-16,18-19,21-25,27,31-32,34-35,37-49H2,1-3H3,(H,55,58)/b11-8+,20-17+,29-26+,30-28+,36-33+. The molecule has 6 nitrogen and oxygen atoms in total. The average Bonchev–Trinajstić information content (AvgIpc) is 3.24. The van der Waals surface area contributed by atoms with Gasteiger partial charge in [-0.15, -0.1) is 0 Å². The Labute approximate surface area is 371 Å². The second kappa shape index (κ2) is 47.6. The van der Waals surface area contributed by atoms with Gasteiger partial charge in [0.1, 0.15) is 6.10 Å². The van der Waals surface area contributed by atoms with E-state index >= 15 is 0 Å². The number of nitrogens with one attached hydrogen (secondary N) is 1. The summed E-state index contributed by atoms with van der Waals surface area (Å²) in [6.45, 7) is 6.35. The second-order valence-corrected chi connectivity index (χ2v) is 17.2. The third-order valence-electron chi connectivity index (χ3n) is 11.4. The summed E-state index contributed by atoms with van der Waals surface area (Å²) in [7, 11) is 0. The van der Waals surface area contributed by atoms with Gasteiger partial charge in [0.2, 0.25) is 5.91 Å². The predicted molar refractivity (Wildman–Crippen MR) is 259 cm³/mol. The number of carbonyl (C=O) groups excluding carboxylic acids is 2. The molecule has 0 rings (SSSR count). The smallest absolute Gasteiger partial charge is 0.306 e. The Balaban J connectivity index is 4.68. The second-order valence-electron chi connectivity index (χ2n) is 17.2. The Kier molecular flexibility index (Phi) is 45.7. The van der Waals surface area contributed by atoms with E-state index in [9.17, 15) is 19.8 Å². The minimum absolute atomic E-state index is 0.0344. The summed E-state index contributed by atoms with van der Waals surface area (Å²) in [5.41, 5.74) is 0. The summed E-state index contributed by atoms with van der Waals surface area (Å²) in [5, 5.41) is 23.7. The maximum atomic E-state index is 13.2. The van der Waals surface area contributed by atoms with Crippen molar-refractivity contribution >= 4 is 11.9 Å². The van der Waals surface area contributed by atoms with Crippen molar-refractivity contribution in [1.82, 2.24) is 5.32 Å². The first-order valence-electron chi connectivity index (χ1n) is 25.5. The van der Waals surface area contributed by atoms with Crippen molar-refractivity contribution in [2.45, 2.75) is 264 Å². The number of hydrogen-bond acceptors (Lipinski definition) is 5. The first-order valence-corrected chi connectivity index (χ1v) is 25.5. The zero-order chi connectivity index (χ0) is 43.8. The van der Waals surface area contributed by atoms with Gasteiger partial charge in [0.25, 0.3) is 0 Å². The van der Waals surface area contributed by atoms with Crippen LogP contribution in [0.25, 0.3) is 0 Å². The number of esters is 1. The zero-order valence-corrected chi connectivity index (χ0v) is 39.6. The van der Waals surface area contributed by atoms with Crippen LogP contribution in [0, 0.1) is 0 Å². The molecule has 0 aromatic heterocycles. The van der Waals surface area contributed by atoms with Crippen LogP contribution in [0.3, 0.4) is 0 Å². The molecule has 3 unspecified atom stereocenters. The number of allylic oxidation sites excluding steroid dienone is 10. The highest BCUT2D eigenvalue weighted by Gasteiger charge is 2.24. The van der Waals surface area contributed by atoms with Gasteiger partial charge in [-0.25, -0.2) is 0 Å². The number of carbonyl (C=O) groups is 2. The van der Waals surface area contributed by atoms with E-state index in [1.54, 1.807) is 0 Å². The van der Waals surface area contributed by atoms with Crippen molar-refractivity contribution < 1.29 is 24.5 Å². The lowest BCUT2D eigenvalue weighted by Crippen LogP contribution is -2.46. The monoisotopic (exact) mass is 840 g/mol. The van der Waals surface area contributed by atoms with E-state index in [2.05, 4.69) is 86.8 Å². The van der Waals surface area contributed by atoms with Gasteiger partial charge in [0, 0.05) is 6.42 Å². The van der Waals surface area contributed by atoms with Crippen molar-refractivity contribution in [2.75, 3.05) is 6.61 Å². The van der Waals surface area contributed by atoms with E-state index in [4.69, 9.17) is 4.74 Å². The molecule has 3 N–H and O–H groups in total. The summed E-state index contributed by atoms with van der Waals surface area (Å²) in [6, 6.07) is -0.721. The van der Waals surface area contributed by atoms with Crippen LogP contribution in [0.1, 0.15) is 245 Å². The number of ether oxygens (including phenoxy) is 1. The average molecular weight is 840 g/mol. The molecule has 0 radical (unpaired) electrons. The highest BCUT2D eigenvalue weighted by atomic mass is 16.5. The molecule has 0 bridgehead atoms. The SMILES string of the molecule is CC/C=C/C/C=C/C/C=C/CCCCCCC(=O)OC(CCC/C=C/C=C/CCCCCCCCC)CC(=O)NC(CO)C(O)CCCCCCCCCCCCCCC. The zero-order valence-electron chi connectivity index (χ0n) is 39.6. The van der Waals surface area contributed by atoms with Crippen molar-refractivity contribution in [1.29, 1.82) is 0 Å². The number of unbranched alkanes of at least 4 members (excludes halogenated alkanes) is 24. The van der Waals surface area contributed by atoms with Gasteiger partial charge in [0.05, 0.1) is 25.2 Å². The van der Waals surface area contributed by atoms with Crippen molar-refractivity contribution in [3.8, 4) is 0 Å². The molecule has 0 aliphatic carbocycles. The van der Waals surface area contributed by atoms with Crippen LogP contribution in [0.2, 0.25) is 0 Å². The maximum absolute atomic E-state index is 13.2. The first kappa shape index (κ1) is 57.6. The van der Waals surface area contributed by atoms with Gasteiger partial charge in [-0.05, 0) is 77.0 Å². The quantitative estimate of drug-likeness (QED) is 0.0246. The molecule has 60 heavy (non-hydrogen) atoms. The van der Waals surface area contributed by atoms with E-state index in [0.717, 1.165) is 89.9 Å². The molecule has 0 aliphatic heterocycles. The third kappa shape index (κ3) is 42.3. The van der Waals surface area contributed by atoms with Crippen molar-refractivity contribution in [2.24, 2.45) is 0 Å². The Bertz CT molecular complexity index is 1080.